The minimum atomic E-state index is 1.17. The Kier molecular flexibility index (Phi) is 2.84. The number of hydrogen-bond acceptors (Lipinski definition) is 0. The molecule has 7 saturated carbocycles. The Hall–Kier alpha value is 0. The van der Waals surface area contributed by atoms with Crippen molar-refractivity contribution in [2.75, 3.05) is 0 Å². The Balaban J connectivity index is 1.39. The van der Waals surface area contributed by atoms with Crippen LogP contribution in [0.15, 0.2) is 0 Å². The molecule has 0 N–H and O–H groups in total. The van der Waals surface area contributed by atoms with Crippen LogP contribution in [0.25, 0.3) is 0 Å². The summed E-state index contributed by atoms with van der Waals surface area (Å²) in [5.41, 5.74) is 0. The van der Waals surface area contributed by atoms with Gasteiger partial charge >= 0.3 is 0 Å². The monoisotopic (exact) mass is 324 g/mol. The molecule has 0 amide bonds. The fraction of sp³-hybridized carbons (Fsp3) is 1.00. The third-order valence-electron chi connectivity index (χ3n) is 11.3. The van der Waals surface area contributed by atoms with Crippen LogP contribution in [-0.2, 0) is 0 Å². The second kappa shape index (κ2) is 4.83. The predicted molar refractivity (Wildman–Crippen MR) is 97.3 cm³/mol. The van der Waals surface area contributed by atoms with E-state index in [1.807, 2.05) is 0 Å². The Labute approximate surface area is 148 Å². The molecular weight excluding hydrogens is 288 g/mol. The van der Waals surface area contributed by atoms with Gasteiger partial charge in [0.2, 0.25) is 0 Å². The van der Waals surface area contributed by atoms with Crippen molar-refractivity contribution in [2.45, 2.75) is 77.0 Å². The minimum absolute atomic E-state index is 1.17. The molecule has 0 aromatic rings. The highest BCUT2D eigenvalue weighted by molar-refractivity contribution is 5.14. The van der Waals surface area contributed by atoms with E-state index in [0.717, 1.165) is 0 Å². The van der Waals surface area contributed by atoms with Gasteiger partial charge in [0, 0.05) is 0 Å². The Morgan fingerprint density at radius 1 is 0.333 bits per heavy atom. The maximum Gasteiger partial charge on any atom is -0.0313 e. The summed E-state index contributed by atoms with van der Waals surface area (Å²) in [5.74, 6) is 14.4. The van der Waals surface area contributed by atoms with Crippen LogP contribution in [0.2, 0.25) is 0 Å². The standard InChI is InChI=1S/C24H36/c1-4-14-11-16-9-10-19-18-6-2-3-13-7-8-17-12-15(5-1)20(14)24(22(16)19)23(17)21(13)18/h13-24H,1-12H2. The van der Waals surface area contributed by atoms with Crippen LogP contribution in [0.1, 0.15) is 77.0 Å². The van der Waals surface area contributed by atoms with Crippen molar-refractivity contribution in [1.82, 2.24) is 0 Å². The van der Waals surface area contributed by atoms with Crippen molar-refractivity contribution in [2.24, 2.45) is 71.0 Å². The lowest BCUT2D eigenvalue weighted by molar-refractivity contribution is -0.200. The SMILES string of the molecule is C1CC2CC3CCC4C5CCCC6CCC7CC(C1)C2C(C34)C7C65. The van der Waals surface area contributed by atoms with Crippen LogP contribution in [0.4, 0.5) is 0 Å². The van der Waals surface area contributed by atoms with Gasteiger partial charge in [-0.3, -0.25) is 0 Å². The molecule has 0 heteroatoms. The average Bonchev–Trinajstić information content (AvgIpc) is 3.05. The quantitative estimate of drug-likeness (QED) is 0.501. The van der Waals surface area contributed by atoms with Crippen molar-refractivity contribution < 1.29 is 0 Å². The summed E-state index contributed by atoms with van der Waals surface area (Å²) in [7, 11) is 0. The highest BCUT2D eigenvalue weighted by atomic mass is 14.7. The third kappa shape index (κ3) is 1.59. The van der Waals surface area contributed by atoms with E-state index < -0.39 is 0 Å². The van der Waals surface area contributed by atoms with Crippen LogP contribution in [0, 0.1) is 71.0 Å². The topological polar surface area (TPSA) is 0 Å². The summed E-state index contributed by atoms with van der Waals surface area (Å²) in [6.07, 6.45) is 19.6. The van der Waals surface area contributed by atoms with Crippen LogP contribution in [0.3, 0.4) is 0 Å². The second-order valence-electron chi connectivity index (χ2n) is 11.5. The molecule has 0 spiro atoms. The second-order valence-corrected chi connectivity index (χ2v) is 11.5. The maximum atomic E-state index is 1.68. The van der Waals surface area contributed by atoms with Gasteiger partial charge in [0.25, 0.3) is 0 Å². The molecule has 0 aliphatic heterocycles. The lowest BCUT2D eigenvalue weighted by Gasteiger charge is -2.68. The summed E-state index contributed by atoms with van der Waals surface area (Å²) in [4.78, 5) is 0. The zero-order valence-electron chi connectivity index (χ0n) is 15.4. The van der Waals surface area contributed by atoms with Crippen LogP contribution in [0.5, 0.6) is 0 Å². The van der Waals surface area contributed by atoms with E-state index in [-0.39, 0.29) is 0 Å². The van der Waals surface area contributed by atoms with Gasteiger partial charge in [0.15, 0.2) is 0 Å². The molecule has 7 rings (SSSR count). The number of hydrogen-bond donors (Lipinski definition) is 0. The minimum Gasteiger partial charge on any atom is -0.0528 e. The fourth-order valence-electron chi connectivity index (χ4n) is 11.2. The fourth-order valence-corrected chi connectivity index (χ4v) is 11.2. The molecule has 0 saturated heterocycles. The zero-order valence-corrected chi connectivity index (χ0v) is 15.4. The van der Waals surface area contributed by atoms with Gasteiger partial charge < -0.3 is 0 Å². The molecule has 7 aliphatic rings. The largest absolute Gasteiger partial charge is 0.0528 e. The maximum absolute atomic E-state index is 1.68. The van der Waals surface area contributed by atoms with Crippen LogP contribution < -0.4 is 0 Å². The molecule has 0 aromatic heterocycles. The molecule has 7 fully saturated rings. The highest BCUT2D eigenvalue weighted by Crippen LogP contribution is 2.73. The number of rotatable bonds is 0. The molecular formula is C24H36. The van der Waals surface area contributed by atoms with E-state index in [0.29, 0.717) is 0 Å². The molecule has 24 heavy (non-hydrogen) atoms. The summed E-state index contributed by atoms with van der Waals surface area (Å²) in [6, 6.07) is 0. The Bertz CT molecular complexity index is 536. The molecule has 0 bridgehead atoms. The first-order chi connectivity index (χ1) is 11.9. The van der Waals surface area contributed by atoms with Crippen molar-refractivity contribution in [3.05, 3.63) is 0 Å². The van der Waals surface area contributed by atoms with E-state index in [1.165, 1.54) is 71.0 Å². The first kappa shape index (κ1) is 14.1. The summed E-state index contributed by atoms with van der Waals surface area (Å²) in [5, 5.41) is 0. The van der Waals surface area contributed by atoms with Gasteiger partial charge in [-0.05, 0) is 116 Å². The summed E-state index contributed by atoms with van der Waals surface area (Å²) >= 11 is 0. The van der Waals surface area contributed by atoms with Gasteiger partial charge in [-0.1, -0.05) is 32.1 Å². The molecule has 0 nitrogen and oxygen atoms in total. The van der Waals surface area contributed by atoms with Gasteiger partial charge in [-0.15, -0.1) is 0 Å². The Morgan fingerprint density at radius 2 is 0.875 bits per heavy atom. The van der Waals surface area contributed by atoms with E-state index in [9.17, 15) is 0 Å². The van der Waals surface area contributed by atoms with E-state index in [2.05, 4.69) is 0 Å². The van der Waals surface area contributed by atoms with E-state index in [1.54, 1.807) is 77.0 Å². The van der Waals surface area contributed by atoms with Crippen LogP contribution >= 0.6 is 0 Å². The number of fused-ring (bicyclic) bond motifs is 1. The highest BCUT2D eigenvalue weighted by Gasteiger charge is 2.66. The lowest BCUT2D eigenvalue weighted by Crippen LogP contribution is -2.62. The molecule has 7 aliphatic carbocycles. The smallest absolute Gasteiger partial charge is 0.0313 e. The lowest BCUT2D eigenvalue weighted by atomic mass is 9.37. The van der Waals surface area contributed by atoms with Crippen molar-refractivity contribution in [3.63, 3.8) is 0 Å². The van der Waals surface area contributed by atoms with Crippen molar-refractivity contribution in [3.8, 4) is 0 Å². The predicted octanol–water partition coefficient (Wildman–Crippen LogP) is 6.16. The summed E-state index contributed by atoms with van der Waals surface area (Å²) in [6.45, 7) is 0. The van der Waals surface area contributed by atoms with Gasteiger partial charge in [0.1, 0.15) is 0 Å². The first-order valence-corrected chi connectivity index (χ1v) is 11.9. The van der Waals surface area contributed by atoms with E-state index in [4.69, 9.17) is 0 Å². The van der Waals surface area contributed by atoms with Gasteiger partial charge in [0.05, 0.1) is 0 Å². The van der Waals surface area contributed by atoms with Gasteiger partial charge in [-0.2, -0.15) is 0 Å². The molecule has 0 heterocycles. The third-order valence-corrected chi connectivity index (χ3v) is 11.3. The normalized spacial score (nSPS) is 66.0. The first-order valence-electron chi connectivity index (χ1n) is 11.9. The van der Waals surface area contributed by atoms with Crippen molar-refractivity contribution in [1.29, 1.82) is 0 Å². The molecule has 132 valence electrons. The summed E-state index contributed by atoms with van der Waals surface area (Å²) < 4.78 is 0. The zero-order chi connectivity index (χ0) is 15.4. The van der Waals surface area contributed by atoms with Crippen molar-refractivity contribution >= 4 is 0 Å². The van der Waals surface area contributed by atoms with Crippen LogP contribution in [-0.4, -0.2) is 0 Å². The molecule has 0 aromatic carbocycles. The molecule has 12 unspecified atom stereocenters. The average molecular weight is 325 g/mol. The van der Waals surface area contributed by atoms with E-state index >= 15 is 0 Å². The molecule has 0 radical (unpaired) electrons. The van der Waals surface area contributed by atoms with Gasteiger partial charge in [-0.25, -0.2) is 0 Å². The Morgan fingerprint density at radius 3 is 1.75 bits per heavy atom. The molecule has 12 atom stereocenters.